The van der Waals surface area contributed by atoms with Crippen molar-refractivity contribution in [3.05, 3.63) is 29.3 Å². The summed E-state index contributed by atoms with van der Waals surface area (Å²) in [5.41, 5.74) is 4.25. The van der Waals surface area contributed by atoms with Gasteiger partial charge in [-0.1, -0.05) is 93.9 Å². The number of rotatable bonds is 9. The fraction of sp³-hybridized carbons (Fsp3) is 0.750. The fourth-order valence-electron chi connectivity index (χ4n) is 5.35. The Morgan fingerprint density at radius 2 is 1.80 bits per heavy atom. The number of anilines is 1. The minimum atomic E-state index is 0.226. The summed E-state index contributed by atoms with van der Waals surface area (Å²) < 4.78 is 0. The average molecular weight is 485 g/mol. The Morgan fingerprint density at radius 1 is 1.17 bits per heavy atom. The van der Waals surface area contributed by atoms with Crippen molar-refractivity contribution in [2.75, 3.05) is 11.4 Å². The Labute approximate surface area is 218 Å². The first kappa shape index (κ1) is 33.2. The van der Waals surface area contributed by atoms with E-state index in [1.54, 1.807) is 0 Å². The first-order valence-corrected chi connectivity index (χ1v) is 14.2. The van der Waals surface area contributed by atoms with Crippen LogP contribution in [0.4, 0.5) is 5.69 Å². The lowest BCUT2D eigenvalue weighted by Crippen LogP contribution is -2.31. The Balaban J connectivity index is 0.000000636. The lowest BCUT2D eigenvalue weighted by molar-refractivity contribution is -0.107. The summed E-state index contributed by atoms with van der Waals surface area (Å²) in [5, 5.41) is 9.49. The predicted octanol–water partition coefficient (Wildman–Crippen LogP) is 9.69. The second-order valence-electron chi connectivity index (χ2n) is 11.4. The van der Waals surface area contributed by atoms with Gasteiger partial charge in [-0.05, 0) is 79.2 Å². The highest BCUT2D eigenvalue weighted by atomic mass is 16.1. The lowest BCUT2D eigenvalue weighted by atomic mass is 9.65. The van der Waals surface area contributed by atoms with Crippen LogP contribution in [0.3, 0.4) is 0 Å². The lowest BCUT2D eigenvalue weighted by Gasteiger charge is -2.39. The van der Waals surface area contributed by atoms with E-state index in [9.17, 15) is 10.1 Å². The van der Waals surface area contributed by atoms with Gasteiger partial charge in [0.2, 0.25) is 6.41 Å². The van der Waals surface area contributed by atoms with Gasteiger partial charge in [0.1, 0.15) is 0 Å². The van der Waals surface area contributed by atoms with Crippen LogP contribution in [-0.2, 0) is 4.79 Å². The van der Waals surface area contributed by atoms with E-state index >= 15 is 0 Å². The van der Waals surface area contributed by atoms with Crippen molar-refractivity contribution in [1.82, 2.24) is 0 Å². The van der Waals surface area contributed by atoms with Crippen molar-refractivity contribution in [2.45, 2.75) is 127 Å². The summed E-state index contributed by atoms with van der Waals surface area (Å²) in [6.45, 7) is 25.2. The van der Waals surface area contributed by atoms with Gasteiger partial charge in [0.05, 0.1) is 12.0 Å². The van der Waals surface area contributed by atoms with Crippen molar-refractivity contribution in [2.24, 2.45) is 22.7 Å². The Morgan fingerprint density at radius 3 is 2.26 bits per heavy atom. The Bertz CT molecular complexity index is 773. The van der Waals surface area contributed by atoms with E-state index in [0.29, 0.717) is 17.3 Å². The van der Waals surface area contributed by atoms with Gasteiger partial charge in [-0.15, -0.1) is 0 Å². The second kappa shape index (κ2) is 16.0. The van der Waals surface area contributed by atoms with Crippen molar-refractivity contribution < 1.29 is 4.79 Å². The normalized spacial score (nSPS) is 18.3. The van der Waals surface area contributed by atoms with Gasteiger partial charge in [0.25, 0.3) is 0 Å². The average Bonchev–Trinajstić information content (AvgIpc) is 2.84. The van der Waals surface area contributed by atoms with Crippen molar-refractivity contribution in [3.8, 4) is 6.07 Å². The van der Waals surface area contributed by atoms with E-state index < -0.39 is 0 Å². The molecular formula is C32H56N2O. The monoisotopic (exact) mass is 484 g/mol. The topological polar surface area (TPSA) is 44.1 Å². The maximum absolute atomic E-state index is 10.9. The van der Waals surface area contributed by atoms with E-state index in [1.165, 1.54) is 36.8 Å². The summed E-state index contributed by atoms with van der Waals surface area (Å²) >= 11 is 0. The molecule has 1 amide bonds. The molecule has 2 rings (SSSR count). The zero-order valence-electron chi connectivity index (χ0n) is 25.0. The molecule has 0 radical (unpaired) electrons. The van der Waals surface area contributed by atoms with Gasteiger partial charge < -0.3 is 4.90 Å². The van der Waals surface area contributed by atoms with Gasteiger partial charge in [0.15, 0.2) is 0 Å². The SMILES string of the molecule is CC.CCCC(CC)(CCC(C)C(C)(C)C)C(C#N)CC.Cc1cccc2c1N(C=O)CCC2C. The van der Waals surface area contributed by atoms with Crippen LogP contribution in [0.2, 0.25) is 0 Å². The maximum Gasteiger partial charge on any atom is 0.214 e. The standard InChI is InChI=1S/C18H35N.C12H15NO.C2H6/c1-8-12-18(10-3,16(9-2)14-19)13-11-15(4)17(5,6)7;1-9-6-7-13(8-14)12-10(2)4-3-5-11(9)12;1-2/h15-16H,8-13H2,1-7H3;3-5,8-9H,6-7H2,1-2H3;1-2H3. The number of fused-ring (bicyclic) bond motifs is 1. The second-order valence-corrected chi connectivity index (χ2v) is 11.4. The summed E-state index contributed by atoms with van der Waals surface area (Å²) in [6, 6.07) is 8.85. The number of nitrogens with zero attached hydrogens (tertiary/aromatic N) is 2. The van der Waals surface area contributed by atoms with Crippen LogP contribution in [0.5, 0.6) is 0 Å². The molecule has 3 nitrogen and oxygen atoms in total. The third-order valence-electron chi connectivity index (χ3n) is 8.33. The number of aryl methyl sites for hydroxylation is 1. The number of amides is 1. The van der Waals surface area contributed by atoms with E-state index in [0.717, 1.165) is 37.9 Å². The van der Waals surface area contributed by atoms with E-state index in [1.807, 2.05) is 18.7 Å². The number of carbonyl (C=O) groups is 1. The quantitative estimate of drug-likeness (QED) is 0.327. The molecule has 1 aromatic carbocycles. The molecule has 0 aliphatic carbocycles. The zero-order chi connectivity index (χ0) is 27.2. The maximum atomic E-state index is 10.9. The van der Waals surface area contributed by atoms with Crippen LogP contribution < -0.4 is 4.90 Å². The highest BCUT2D eigenvalue weighted by Crippen LogP contribution is 2.45. The number of hydrogen-bond acceptors (Lipinski definition) is 2. The molecule has 0 N–H and O–H groups in total. The molecule has 1 heterocycles. The molecule has 0 saturated heterocycles. The minimum absolute atomic E-state index is 0.226. The first-order valence-electron chi connectivity index (χ1n) is 14.2. The van der Waals surface area contributed by atoms with Crippen LogP contribution in [0.15, 0.2) is 18.2 Å². The molecule has 0 saturated carbocycles. The molecule has 0 bridgehead atoms. The van der Waals surface area contributed by atoms with Crippen LogP contribution >= 0.6 is 0 Å². The summed E-state index contributed by atoms with van der Waals surface area (Å²) in [6.07, 6.45) is 8.99. The van der Waals surface area contributed by atoms with E-state index in [4.69, 9.17) is 0 Å². The summed E-state index contributed by atoms with van der Waals surface area (Å²) in [4.78, 5) is 12.7. The highest BCUT2D eigenvalue weighted by Gasteiger charge is 2.36. The van der Waals surface area contributed by atoms with Gasteiger partial charge in [-0.25, -0.2) is 0 Å². The number of para-hydroxylation sites is 1. The molecule has 1 aliphatic rings. The van der Waals surface area contributed by atoms with Gasteiger partial charge in [0, 0.05) is 12.2 Å². The third-order valence-corrected chi connectivity index (χ3v) is 8.33. The molecule has 4 unspecified atom stereocenters. The van der Waals surface area contributed by atoms with Gasteiger partial charge in [-0.3, -0.25) is 4.79 Å². The van der Waals surface area contributed by atoms with E-state index in [-0.39, 0.29) is 11.3 Å². The van der Waals surface area contributed by atoms with Crippen molar-refractivity contribution in [1.29, 1.82) is 5.26 Å². The largest absolute Gasteiger partial charge is 0.314 e. The van der Waals surface area contributed by atoms with Gasteiger partial charge in [-0.2, -0.15) is 5.26 Å². The van der Waals surface area contributed by atoms with E-state index in [2.05, 4.69) is 86.6 Å². The number of hydrogen-bond donors (Lipinski definition) is 0. The molecule has 35 heavy (non-hydrogen) atoms. The smallest absolute Gasteiger partial charge is 0.214 e. The molecule has 200 valence electrons. The van der Waals surface area contributed by atoms with Crippen LogP contribution in [0.25, 0.3) is 0 Å². The number of nitriles is 1. The summed E-state index contributed by atoms with van der Waals surface area (Å²) in [5.74, 6) is 1.51. The highest BCUT2D eigenvalue weighted by molar-refractivity contribution is 5.80. The number of carbonyl (C=O) groups excluding carboxylic acids is 1. The molecule has 4 atom stereocenters. The van der Waals surface area contributed by atoms with Gasteiger partial charge >= 0.3 is 0 Å². The van der Waals surface area contributed by atoms with Crippen molar-refractivity contribution in [3.63, 3.8) is 0 Å². The third kappa shape index (κ3) is 9.29. The molecule has 1 aromatic rings. The molecular weight excluding hydrogens is 428 g/mol. The van der Waals surface area contributed by atoms with Crippen molar-refractivity contribution >= 4 is 12.1 Å². The Hall–Kier alpha value is -1.82. The Kier molecular flexibility index (Phi) is 15.2. The molecule has 3 heteroatoms. The summed E-state index contributed by atoms with van der Waals surface area (Å²) in [7, 11) is 0. The fourth-order valence-corrected chi connectivity index (χ4v) is 5.35. The predicted molar refractivity (Wildman–Crippen MR) is 154 cm³/mol. The van der Waals surface area contributed by atoms with Crippen LogP contribution in [0, 0.1) is 40.9 Å². The number of benzene rings is 1. The first-order chi connectivity index (χ1) is 16.5. The molecule has 0 spiro atoms. The van der Waals surface area contributed by atoms with Crippen LogP contribution in [-0.4, -0.2) is 13.0 Å². The zero-order valence-corrected chi connectivity index (χ0v) is 25.0. The minimum Gasteiger partial charge on any atom is -0.314 e. The molecule has 0 fully saturated rings. The molecule has 1 aliphatic heterocycles. The molecule has 0 aromatic heterocycles. The van der Waals surface area contributed by atoms with Crippen LogP contribution in [0.1, 0.15) is 131 Å².